The van der Waals surface area contributed by atoms with E-state index in [9.17, 15) is 0 Å². The van der Waals surface area contributed by atoms with Crippen LogP contribution in [-0.4, -0.2) is 23.6 Å². The second kappa shape index (κ2) is 7.25. The molecule has 0 aromatic heterocycles. The van der Waals surface area contributed by atoms with Gasteiger partial charge in [-0.3, -0.25) is 0 Å². The fourth-order valence-electron chi connectivity index (χ4n) is 4.34. The van der Waals surface area contributed by atoms with Gasteiger partial charge in [0.15, 0.2) is 6.61 Å². The van der Waals surface area contributed by atoms with Crippen LogP contribution in [-0.2, 0) is 13.6 Å². The Hall–Kier alpha value is -1.33. The van der Waals surface area contributed by atoms with Gasteiger partial charge in [-0.2, -0.15) is 0 Å². The van der Waals surface area contributed by atoms with Crippen LogP contribution in [0.15, 0.2) is 65.6 Å². The molecular weight excluding hydrogens is 356 g/mol. The fourth-order valence-corrected chi connectivity index (χ4v) is 9.22. The van der Waals surface area contributed by atoms with E-state index in [0.29, 0.717) is 5.44 Å². The van der Waals surface area contributed by atoms with E-state index in [1.807, 2.05) is 0 Å². The molecule has 3 unspecified atom stereocenters. The Bertz CT molecular complexity index is 758. The summed E-state index contributed by atoms with van der Waals surface area (Å²) in [5.41, 5.74) is 1.79. The van der Waals surface area contributed by atoms with Gasteiger partial charge in [0.2, 0.25) is 0 Å². The minimum atomic E-state index is -1.21. The van der Waals surface area contributed by atoms with Gasteiger partial charge in [-0.15, -0.1) is 0 Å². The lowest BCUT2D eigenvalue weighted by Gasteiger charge is -2.29. The van der Waals surface area contributed by atoms with Crippen LogP contribution in [0.3, 0.4) is 0 Å². The van der Waals surface area contributed by atoms with E-state index in [1.165, 1.54) is 10.5 Å². The molecule has 2 aromatic carbocycles. The standard InChI is InChI=1S/C23H31O3S/c1-18-17-20(25-24-18)15-16-26-22(19-11-7-5-8-12-19)27(26,23(2,3)4)21-13-9-6-10-14-21/h5-14,18,20,22H,15-17H2,1-4H3/q+1/t18?,20?,22-/m0/s1. The van der Waals surface area contributed by atoms with Crippen LogP contribution in [0.2, 0.25) is 0 Å². The molecule has 0 bridgehead atoms. The molecule has 3 nitrogen and oxygen atoms in total. The molecular formula is C23H31O3S+. The summed E-state index contributed by atoms with van der Waals surface area (Å²) in [5.74, 6) is 0. The van der Waals surface area contributed by atoms with Crippen molar-refractivity contribution in [2.45, 2.75) is 67.8 Å². The van der Waals surface area contributed by atoms with Crippen LogP contribution in [0.1, 0.15) is 51.5 Å². The zero-order valence-electron chi connectivity index (χ0n) is 16.8. The largest absolute Gasteiger partial charge is 0.344 e. The quantitative estimate of drug-likeness (QED) is 0.340. The van der Waals surface area contributed by atoms with Gasteiger partial charge in [0.05, 0.1) is 26.1 Å². The highest BCUT2D eigenvalue weighted by Gasteiger charge is 2.75. The Morgan fingerprint density at radius 2 is 1.59 bits per heavy atom. The zero-order chi connectivity index (χ0) is 19.1. The Labute approximate surface area is 164 Å². The first-order chi connectivity index (χ1) is 12.9. The second-order valence-electron chi connectivity index (χ2n) is 8.50. The summed E-state index contributed by atoms with van der Waals surface area (Å²) in [4.78, 5) is 12.3. The summed E-state index contributed by atoms with van der Waals surface area (Å²) >= 11 is 0. The van der Waals surface area contributed by atoms with Gasteiger partial charge in [0, 0.05) is 18.4 Å². The first-order valence-electron chi connectivity index (χ1n) is 9.89. The molecule has 2 saturated heterocycles. The van der Waals surface area contributed by atoms with Gasteiger partial charge in [0.25, 0.3) is 5.44 Å². The molecule has 2 aliphatic heterocycles. The SMILES string of the molecule is CC1CC(CC[O+]2[C@H](c3ccccc3)S2(c2ccccc2)C(C)(C)C)OO1. The molecule has 0 amide bonds. The summed E-state index contributed by atoms with van der Waals surface area (Å²) in [7, 11) is -1.21. The van der Waals surface area contributed by atoms with Crippen molar-refractivity contribution in [2.24, 2.45) is 0 Å². The Morgan fingerprint density at radius 3 is 2.15 bits per heavy atom. The highest BCUT2D eigenvalue weighted by Crippen LogP contribution is 2.94. The molecule has 2 aromatic rings. The van der Waals surface area contributed by atoms with Gasteiger partial charge in [-0.25, -0.2) is 9.78 Å². The smallest absolute Gasteiger partial charge is 0.288 e. The minimum absolute atomic E-state index is 0.153. The summed E-state index contributed by atoms with van der Waals surface area (Å²) in [5, 5.41) is 0. The number of hydrogen-bond acceptors (Lipinski definition) is 2. The van der Waals surface area contributed by atoms with Crippen LogP contribution >= 0.6 is 10.3 Å². The van der Waals surface area contributed by atoms with Crippen molar-refractivity contribution in [2.75, 3.05) is 6.61 Å². The number of benzene rings is 2. The lowest BCUT2D eigenvalue weighted by molar-refractivity contribution is -0.295. The molecule has 2 aliphatic rings. The first kappa shape index (κ1) is 19.0. The average Bonchev–Trinajstić information content (AvgIpc) is 3.19. The molecule has 2 heterocycles. The predicted molar refractivity (Wildman–Crippen MR) is 112 cm³/mol. The third-order valence-corrected chi connectivity index (χ3v) is 10.3. The third kappa shape index (κ3) is 3.33. The third-order valence-electron chi connectivity index (χ3n) is 5.51. The topological polar surface area (TPSA) is 21.2 Å². The maximum atomic E-state index is 5.51. The Balaban J connectivity index is 1.67. The lowest BCUT2D eigenvalue weighted by Crippen LogP contribution is -2.19. The van der Waals surface area contributed by atoms with Crippen molar-refractivity contribution < 1.29 is 13.6 Å². The Kier molecular flexibility index (Phi) is 5.10. The van der Waals surface area contributed by atoms with E-state index in [2.05, 4.69) is 92.2 Å². The van der Waals surface area contributed by atoms with Crippen molar-refractivity contribution in [3.63, 3.8) is 0 Å². The molecule has 146 valence electrons. The van der Waals surface area contributed by atoms with Crippen molar-refractivity contribution in [3.8, 4) is 0 Å². The molecule has 4 heteroatoms. The van der Waals surface area contributed by atoms with Gasteiger partial charge >= 0.3 is 0 Å². The fraction of sp³-hybridized carbons (Fsp3) is 0.478. The second-order valence-corrected chi connectivity index (χ2v) is 12.3. The molecule has 4 rings (SSSR count). The molecule has 2 fully saturated rings. The lowest BCUT2D eigenvalue weighted by atomic mass is 10.1. The van der Waals surface area contributed by atoms with E-state index in [-0.39, 0.29) is 17.0 Å². The molecule has 0 radical (unpaired) electrons. The summed E-state index contributed by atoms with van der Waals surface area (Å²) in [6.45, 7) is 10.2. The van der Waals surface area contributed by atoms with E-state index in [1.54, 1.807) is 0 Å². The maximum Gasteiger partial charge on any atom is 0.288 e. The van der Waals surface area contributed by atoms with Gasteiger partial charge in [0.1, 0.15) is 6.10 Å². The summed E-state index contributed by atoms with van der Waals surface area (Å²) < 4.78 is 3.93. The monoisotopic (exact) mass is 387 g/mol. The molecule has 0 saturated carbocycles. The molecule has 27 heavy (non-hydrogen) atoms. The van der Waals surface area contributed by atoms with Crippen LogP contribution in [0, 0.1) is 0 Å². The normalized spacial score (nSPS) is 33.6. The number of rotatable bonds is 5. The Morgan fingerprint density at radius 1 is 0.963 bits per heavy atom. The van der Waals surface area contributed by atoms with Crippen LogP contribution in [0.4, 0.5) is 0 Å². The van der Waals surface area contributed by atoms with Crippen molar-refractivity contribution >= 4 is 10.3 Å². The average molecular weight is 388 g/mol. The van der Waals surface area contributed by atoms with Crippen LogP contribution in [0.5, 0.6) is 0 Å². The van der Waals surface area contributed by atoms with E-state index in [0.717, 1.165) is 19.4 Å². The van der Waals surface area contributed by atoms with Crippen molar-refractivity contribution in [1.29, 1.82) is 0 Å². The zero-order valence-corrected chi connectivity index (χ0v) is 17.6. The van der Waals surface area contributed by atoms with Crippen molar-refractivity contribution in [1.82, 2.24) is 0 Å². The molecule has 4 atom stereocenters. The highest BCUT2D eigenvalue weighted by molar-refractivity contribution is 8.35. The predicted octanol–water partition coefficient (Wildman–Crippen LogP) is 6.33. The van der Waals surface area contributed by atoms with E-state index < -0.39 is 10.3 Å². The van der Waals surface area contributed by atoms with E-state index >= 15 is 0 Å². The summed E-state index contributed by atoms with van der Waals surface area (Å²) in [6, 6.07) is 22.0. The van der Waals surface area contributed by atoms with Gasteiger partial charge in [-0.05, 0) is 52.0 Å². The minimum Gasteiger partial charge on any atom is -0.344 e. The highest BCUT2D eigenvalue weighted by atomic mass is 32.3. The maximum absolute atomic E-state index is 5.51. The molecule has 0 N–H and O–H groups in total. The van der Waals surface area contributed by atoms with Crippen LogP contribution < -0.4 is 0 Å². The first-order valence-corrected chi connectivity index (χ1v) is 11.5. The van der Waals surface area contributed by atoms with Crippen molar-refractivity contribution in [3.05, 3.63) is 66.2 Å². The van der Waals surface area contributed by atoms with Crippen LogP contribution in [0.25, 0.3) is 0 Å². The summed E-state index contributed by atoms with van der Waals surface area (Å²) in [6.07, 6.45) is 2.36. The molecule has 0 aliphatic carbocycles. The van der Waals surface area contributed by atoms with E-state index in [4.69, 9.17) is 9.78 Å². The number of hydrogen-bond donors (Lipinski definition) is 0. The van der Waals surface area contributed by atoms with Gasteiger partial charge in [-0.1, -0.05) is 36.4 Å². The van der Waals surface area contributed by atoms with Gasteiger partial charge < -0.3 is 3.81 Å². The molecule has 0 spiro atoms.